The number of rotatable bonds is 1. The van der Waals surface area contributed by atoms with Crippen LogP contribution in [0.4, 0.5) is 0 Å². The highest BCUT2D eigenvalue weighted by atomic mass is 35.7. The van der Waals surface area contributed by atoms with Crippen LogP contribution in [0.3, 0.4) is 0 Å². The van der Waals surface area contributed by atoms with Gasteiger partial charge in [0.05, 0.1) is 4.90 Å². The van der Waals surface area contributed by atoms with Crippen LogP contribution in [0.2, 0.25) is 5.15 Å². The molecular weight excluding hydrogens is 257 g/mol. The Kier molecular flexibility index (Phi) is 2.58. The highest BCUT2D eigenvalue weighted by Gasteiger charge is 2.10. The molecule has 0 bridgehead atoms. The topological polar surface area (TPSA) is 47.0 Å². The van der Waals surface area contributed by atoms with Crippen molar-refractivity contribution in [3.05, 3.63) is 35.6 Å². The van der Waals surface area contributed by atoms with E-state index < -0.39 is 9.05 Å². The first-order chi connectivity index (χ1) is 6.98. The quantitative estimate of drug-likeness (QED) is 0.586. The average Bonchev–Trinajstić information content (AvgIpc) is 2.16. The van der Waals surface area contributed by atoms with Crippen molar-refractivity contribution in [3.8, 4) is 0 Å². The minimum Gasteiger partial charge on any atom is -0.244 e. The summed E-state index contributed by atoms with van der Waals surface area (Å²) >= 11 is 5.83. The molecule has 1 aromatic carbocycles. The van der Waals surface area contributed by atoms with Gasteiger partial charge in [0.2, 0.25) is 0 Å². The number of benzene rings is 1. The number of hydrogen-bond donors (Lipinski definition) is 0. The number of pyridine rings is 1. The molecule has 3 nitrogen and oxygen atoms in total. The molecule has 0 fully saturated rings. The molecule has 15 heavy (non-hydrogen) atoms. The largest absolute Gasteiger partial charge is 0.261 e. The zero-order chi connectivity index (χ0) is 11.1. The lowest BCUT2D eigenvalue weighted by molar-refractivity contribution is 0.609. The van der Waals surface area contributed by atoms with Crippen LogP contribution in [0, 0.1) is 0 Å². The molecule has 0 aliphatic heterocycles. The standard InChI is InChI=1S/C9H5Cl2NO2S/c10-9-8-2-1-7(15(11,13)14)5-6(8)3-4-12-9/h1-5H. The molecule has 0 atom stereocenters. The summed E-state index contributed by atoms with van der Waals surface area (Å²) in [4.78, 5) is 3.94. The van der Waals surface area contributed by atoms with E-state index >= 15 is 0 Å². The van der Waals surface area contributed by atoms with Gasteiger partial charge in [0.15, 0.2) is 0 Å². The summed E-state index contributed by atoms with van der Waals surface area (Å²) < 4.78 is 22.2. The first-order valence-electron chi connectivity index (χ1n) is 3.97. The summed E-state index contributed by atoms with van der Waals surface area (Å²) in [5, 5.41) is 1.73. The Bertz CT molecular complexity index is 625. The molecule has 0 aliphatic rings. The Labute approximate surface area is 96.1 Å². The van der Waals surface area contributed by atoms with Crippen LogP contribution in [-0.2, 0) is 9.05 Å². The summed E-state index contributed by atoms with van der Waals surface area (Å²) in [6, 6.07) is 6.12. The van der Waals surface area contributed by atoms with Gasteiger partial charge in [-0.2, -0.15) is 0 Å². The zero-order valence-corrected chi connectivity index (χ0v) is 9.64. The summed E-state index contributed by atoms with van der Waals surface area (Å²) in [5.41, 5.74) is 0. The zero-order valence-electron chi connectivity index (χ0n) is 7.31. The smallest absolute Gasteiger partial charge is 0.244 e. The van der Waals surface area contributed by atoms with E-state index in [0.29, 0.717) is 15.9 Å². The predicted octanol–water partition coefficient (Wildman–Crippen LogP) is 2.82. The minimum atomic E-state index is -3.70. The molecule has 0 N–H and O–H groups in total. The predicted molar refractivity (Wildman–Crippen MR) is 59.8 cm³/mol. The third-order valence-corrected chi connectivity index (χ3v) is 3.62. The molecule has 0 saturated heterocycles. The van der Waals surface area contributed by atoms with E-state index in [4.69, 9.17) is 22.3 Å². The Morgan fingerprint density at radius 1 is 1.20 bits per heavy atom. The van der Waals surface area contributed by atoms with Crippen molar-refractivity contribution in [3.63, 3.8) is 0 Å². The van der Waals surface area contributed by atoms with Gasteiger partial charge < -0.3 is 0 Å². The molecule has 2 rings (SSSR count). The Morgan fingerprint density at radius 3 is 2.60 bits per heavy atom. The number of nitrogens with zero attached hydrogens (tertiary/aromatic N) is 1. The lowest BCUT2D eigenvalue weighted by Gasteiger charge is -2.01. The Balaban J connectivity index is 2.79. The number of fused-ring (bicyclic) bond motifs is 1. The fraction of sp³-hybridized carbons (Fsp3) is 0. The summed E-state index contributed by atoms with van der Waals surface area (Å²) in [5.74, 6) is 0. The summed E-state index contributed by atoms with van der Waals surface area (Å²) in [6.45, 7) is 0. The maximum absolute atomic E-state index is 11.1. The molecule has 0 saturated carbocycles. The highest BCUT2D eigenvalue weighted by molar-refractivity contribution is 8.13. The van der Waals surface area contributed by atoms with Crippen molar-refractivity contribution in [2.75, 3.05) is 0 Å². The first-order valence-corrected chi connectivity index (χ1v) is 6.66. The number of hydrogen-bond acceptors (Lipinski definition) is 3. The third-order valence-electron chi connectivity index (χ3n) is 1.97. The van der Waals surface area contributed by atoms with Crippen molar-refractivity contribution in [1.29, 1.82) is 0 Å². The van der Waals surface area contributed by atoms with Gasteiger partial charge in [-0.05, 0) is 29.7 Å². The van der Waals surface area contributed by atoms with E-state index in [1.807, 2.05) is 0 Å². The van der Waals surface area contributed by atoms with Crippen LogP contribution in [0.1, 0.15) is 0 Å². The monoisotopic (exact) mass is 261 g/mol. The van der Waals surface area contributed by atoms with Crippen molar-refractivity contribution >= 4 is 42.1 Å². The third kappa shape index (κ3) is 2.07. The second kappa shape index (κ2) is 3.63. The van der Waals surface area contributed by atoms with Crippen molar-refractivity contribution in [2.24, 2.45) is 0 Å². The van der Waals surface area contributed by atoms with Crippen molar-refractivity contribution in [2.45, 2.75) is 4.90 Å². The summed E-state index contributed by atoms with van der Waals surface area (Å²) in [7, 11) is 1.52. The van der Waals surface area contributed by atoms with Crippen LogP contribution < -0.4 is 0 Å². The number of halogens is 2. The maximum atomic E-state index is 11.1. The molecule has 6 heteroatoms. The van der Waals surface area contributed by atoms with E-state index in [0.717, 1.165) is 0 Å². The molecule has 1 heterocycles. The van der Waals surface area contributed by atoms with Gasteiger partial charge in [0.25, 0.3) is 9.05 Å². The Morgan fingerprint density at radius 2 is 1.93 bits per heavy atom. The van der Waals surface area contributed by atoms with Crippen molar-refractivity contribution in [1.82, 2.24) is 4.98 Å². The van der Waals surface area contributed by atoms with Gasteiger partial charge in [0.1, 0.15) is 5.15 Å². The van der Waals surface area contributed by atoms with Crippen LogP contribution in [0.5, 0.6) is 0 Å². The van der Waals surface area contributed by atoms with E-state index in [1.54, 1.807) is 12.1 Å². The highest BCUT2D eigenvalue weighted by Crippen LogP contribution is 2.25. The lowest BCUT2D eigenvalue weighted by atomic mass is 10.2. The molecule has 2 aromatic rings. The SMILES string of the molecule is O=S(=O)(Cl)c1ccc2c(Cl)nccc2c1. The van der Waals surface area contributed by atoms with Gasteiger partial charge in [-0.3, -0.25) is 0 Å². The molecule has 0 radical (unpaired) electrons. The van der Waals surface area contributed by atoms with E-state index in [2.05, 4.69) is 4.98 Å². The van der Waals surface area contributed by atoms with Gasteiger partial charge in [-0.15, -0.1) is 0 Å². The maximum Gasteiger partial charge on any atom is 0.261 e. The van der Waals surface area contributed by atoms with Gasteiger partial charge in [0, 0.05) is 22.3 Å². The average molecular weight is 262 g/mol. The second-order valence-electron chi connectivity index (χ2n) is 2.92. The van der Waals surface area contributed by atoms with Gasteiger partial charge in [-0.25, -0.2) is 13.4 Å². The fourth-order valence-electron chi connectivity index (χ4n) is 1.27. The fourth-order valence-corrected chi connectivity index (χ4v) is 2.29. The van der Waals surface area contributed by atoms with Gasteiger partial charge in [-0.1, -0.05) is 11.6 Å². The normalized spacial score (nSPS) is 11.9. The molecule has 0 spiro atoms. The van der Waals surface area contributed by atoms with Crippen LogP contribution >= 0.6 is 22.3 Å². The first kappa shape index (κ1) is 10.7. The molecular formula is C9H5Cl2NO2S. The van der Waals surface area contributed by atoms with E-state index in [9.17, 15) is 8.42 Å². The minimum absolute atomic E-state index is 0.0546. The molecule has 1 aromatic heterocycles. The van der Waals surface area contributed by atoms with Crippen LogP contribution in [0.15, 0.2) is 35.4 Å². The van der Waals surface area contributed by atoms with E-state index in [-0.39, 0.29) is 4.90 Å². The Hall–Kier alpha value is -0.840. The molecule has 0 aliphatic carbocycles. The van der Waals surface area contributed by atoms with Crippen LogP contribution in [0.25, 0.3) is 10.8 Å². The molecule has 78 valence electrons. The molecule has 0 unspecified atom stereocenters. The number of aromatic nitrogens is 1. The van der Waals surface area contributed by atoms with Gasteiger partial charge >= 0.3 is 0 Å². The second-order valence-corrected chi connectivity index (χ2v) is 5.85. The van der Waals surface area contributed by atoms with Crippen LogP contribution in [-0.4, -0.2) is 13.4 Å². The lowest BCUT2D eigenvalue weighted by Crippen LogP contribution is -1.90. The summed E-state index contributed by atoms with van der Waals surface area (Å²) in [6.07, 6.45) is 1.51. The van der Waals surface area contributed by atoms with Crippen molar-refractivity contribution < 1.29 is 8.42 Å². The molecule has 0 amide bonds. The van der Waals surface area contributed by atoms with E-state index in [1.165, 1.54) is 18.3 Å².